The van der Waals surface area contributed by atoms with Crippen molar-refractivity contribution < 1.29 is 4.74 Å². The third-order valence-electron chi connectivity index (χ3n) is 4.34. The third-order valence-corrected chi connectivity index (χ3v) is 5.40. The van der Waals surface area contributed by atoms with Crippen molar-refractivity contribution in [1.29, 1.82) is 0 Å². The van der Waals surface area contributed by atoms with E-state index in [9.17, 15) is 0 Å². The van der Waals surface area contributed by atoms with Gasteiger partial charge in [-0.1, -0.05) is 19.1 Å². The number of para-hydroxylation sites is 1. The number of thiazole rings is 1. The highest BCUT2D eigenvalue weighted by Crippen LogP contribution is 2.32. The quantitative estimate of drug-likeness (QED) is 0.882. The molecule has 2 unspecified atom stereocenters. The van der Waals surface area contributed by atoms with E-state index >= 15 is 0 Å². The molecule has 21 heavy (non-hydrogen) atoms. The van der Waals surface area contributed by atoms with E-state index in [1.54, 1.807) is 0 Å². The lowest BCUT2D eigenvalue weighted by Gasteiger charge is -2.33. The molecule has 1 aliphatic rings. The van der Waals surface area contributed by atoms with Gasteiger partial charge in [0.1, 0.15) is 0 Å². The molecule has 3 rings (SSSR count). The zero-order valence-electron chi connectivity index (χ0n) is 12.9. The van der Waals surface area contributed by atoms with Gasteiger partial charge in [0.15, 0.2) is 0 Å². The van der Waals surface area contributed by atoms with Gasteiger partial charge in [-0.25, -0.2) is 4.98 Å². The van der Waals surface area contributed by atoms with E-state index in [-0.39, 0.29) is 5.60 Å². The topological polar surface area (TPSA) is 34.2 Å². The fraction of sp³-hybridized carbons (Fsp3) is 0.588. The van der Waals surface area contributed by atoms with Crippen LogP contribution in [0.2, 0.25) is 0 Å². The Morgan fingerprint density at radius 2 is 2.29 bits per heavy atom. The summed E-state index contributed by atoms with van der Waals surface area (Å²) in [5.74, 6) is 0. The van der Waals surface area contributed by atoms with Crippen LogP contribution in [0.25, 0.3) is 10.2 Å². The van der Waals surface area contributed by atoms with Crippen LogP contribution >= 0.6 is 11.3 Å². The Bertz CT molecular complexity index is 556. The molecule has 0 aliphatic carbocycles. The molecule has 1 fully saturated rings. The van der Waals surface area contributed by atoms with Crippen LogP contribution in [0.1, 0.15) is 38.1 Å². The highest BCUT2D eigenvalue weighted by Gasteiger charge is 2.38. The Morgan fingerprint density at radius 3 is 3.00 bits per heavy atom. The summed E-state index contributed by atoms with van der Waals surface area (Å²) in [5, 5.41) is 4.90. The molecule has 1 aromatic heterocycles. The van der Waals surface area contributed by atoms with Gasteiger partial charge in [0, 0.05) is 19.1 Å². The molecule has 0 bridgehead atoms. The average Bonchev–Trinajstić information content (AvgIpc) is 3.09. The van der Waals surface area contributed by atoms with Crippen molar-refractivity contribution in [2.75, 3.05) is 13.2 Å². The standard InChI is InChI=1S/C17H24N2OS/c1-3-10-18-15(17(2)9-6-11-20-17)12-16-19-13-7-4-5-8-14(13)21-16/h4-5,7-8,15,18H,3,6,9-12H2,1-2H3. The first kappa shape index (κ1) is 14.9. The summed E-state index contributed by atoms with van der Waals surface area (Å²) in [6.07, 6.45) is 4.40. The Hall–Kier alpha value is -0.970. The first-order valence-corrected chi connectivity index (χ1v) is 8.75. The van der Waals surface area contributed by atoms with Gasteiger partial charge in [-0.05, 0) is 44.9 Å². The largest absolute Gasteiger partial charge is 0.374 e. The molecular weight excluding hydrogens is 280 g/mol. The summed E-state index contributed by atoms with van der Waals surface area (Å²) >= 11 is 1.81. The average molecular weight is 304 g/mol. The van der Waals surface area contributed by atoms with E-state index in [0.29, 0.717) is 6.04 Å². The minimum absolute atomic E-state index is 0.0486. The van der Waals surface area contributed by atoms with Gasteiger partial charge in [-0.15, -0.1) is 11.3 Å². The summed E-state index contributed by atoms with van der Waals surface area (Å²) in [6, 6.07) is 8.73. The van der Waals surface area contributed by atoms with Gasteiger partial charge >= 0.3 is 0 Å². The molecule has 1 N–H and O–H groups in total. The van der Waals surface area contributed by atoms with Crippen molar-refractivity contribution in [2.24, 2.45) is 0 Å². The highest BCUT2D eigenvalue weighted by atomic mass is 32.1. The van der Waals surface area contributed by atoms with Gasteiger partial charge in [-0.2, -0.15) is 0 Å². The molecule has 0 radical (unpaired) electrons. The van der Waals surface area contributed by atoms with E-state index in [2.05, 4.69) is 43.4 Å². The lowest BCUT2D eigenvalue weighted by molar-refractivity contribution is -0.0114. The molecule has 1 aromatic carbocycles. The molecule has 1 saturated heterocycles. The molecule has 114 valence electrons. The first-order valence-electron chi connectivity index (χ1n) is 7.93. The van der Waals surface area contributed by atoms with E-state index in [1.165, 1.54) is 16.1 Å². The van der Waals surface area contributed by atoms with Gasteiger partial charge in [0.05, 0.1) is 20.8 Å². The number of ether oxygens (including phenoxy) is 1. The van der Waals surface area contributed by atoms with Crippen LogP contribution in [-0.4, -0.2) is 29.8 Å². The zero-order valence-corrected chi connectivity index (χ0v) is 13.7. The number of aromatic nitrogens is 1. The van der Waals surface area contributed by atoms with Crippen LogP contribution in [-0.2, 0) is 11.2 Å². The Morgan fingerprint density at radius 1 is 1.43 bits per heavy atom. The molecule has 1 aliphatic heterocycles. The molecule has 2 aromatic rings. The van der Waals surface area contributed by atoms with E-state index < -0.39 is 0 Å². The lowest BCUT2D eigenvalue weighted by atomic mass is 9.90. The smallest absolute Gasteiger partial charge is 0.0955 e. The number of fused-ring (bicyclic) bond motifs is 1. The summed E-state index contributed by atoms with van der Waals surface area (Å²) in [7, 11) is 0. The number of hydrogen-bond acceptors (Lipinski definition) is 4. The van der Waals surface area contributed by atoms with Crippen LogP contribution in [0.4, 0.5) is 0 Å². The maximum absolute atomic E-state index is 6.06. The lowest BCUT2D eigenvalue weighted by Crippen LogP contribution is -2.50. The summed E-state index contributed by atoms with van der Waals surface area (Å²) in [6.45, 7) is 6.38. The van der Waals surface area contributed by atoms with Gasteiger partial charge in [-0.3, -0.25) is 0 Å². The molecular formula is C17H24N2OS. The number of nitrogens with one attached hydrogen (secondary N) is 1. The Balaban J connectivity index is 1.79. The van der Waals surface area contributed by atoms with E-state index in [1.807, 2.05) is 11.3 Å². The van der Waals surface area contributed by atoms with Gasteiger partial charge < -0.3 is 10.1 Å². The predicted octanol–water partition coefficient (Wildman–Crippen LogP) is 3.78. The zero-order chi connectivity index (χ0) is 14.7. The van der Waals surface area contributed by atoms with E-state index in [4.69, 9.17) is 9.72 Å². The van der Waals surface area contributed by atoms with Crippen molar-refractivity contribution in [3.8, 4) is 0 Å². The SMILES string of the molecule is CCCNC(Cc1nc2ccccc2s1)C1(C)CCCO1. The van der Waals surface area contributed by atoms with Crippen molar-refractivity contribution in [3.05, 3.63) is 29.3 Å². The maximum atomic E-state index is 6.06. The second-order valence-corrected chi connectivity index (χ2v) is 7.17. The normalized spacial score (nSPS) is 23.7. The molecule has 3 nitrogen and oxygen atoms in total. The third kappa shape index (κ3) is 3.28. The monoisotopic (exact) mass is 304 g/mol. The van der Waals surface area contributed by atoms with Crippen LogP contribution in [0.5, 0.6) is 0 Å². The summed E-state index contributed by atoms with van der Waals surface area (Å²) < 4.78 is 7.34. The summed E-state index contributed by atoms with van der Waals surface area (Å²) in [4.78, 5) is 4.79. The van der Waals surface area contributed by atoms with Crippen molar-refractivity contribution >= 4 is 21.6 Å². The molecule has 4 heteroatoms. The molecule has 0 amide bonds. The number of nitrogens with zero attached hydrogens (tertiary/aromatic N) is 1. The first-order chi connectivity index (χ1) is 10.2. The van der Waals surface area contributed by atoms with Crippen LogP contribution in [0.15, 0.2) is 24.3 Å². The molecule has 2 heterocycles. The fourth-order valence-corrected chi connectivity index (χ4v) is 4.09. The van der Waals surface area contributed by atoms with Crippen molar-refractivity contribution in [2.45, 2.75) is 51.2 Å². The minimum Gasteiger partial charge on any atom is -0.374 e. The molecule has 2 atom stereocenters. The van der Waals surface area contributed by atoms with Gasteiger partial charge in [0.25, 0.3) is 0 Å². The second-order valence-electron chi connectivity index (χ2n) is 6.05. The van der Waals surface area contributed by atoms with Crippen LogP contribution in [0, 0.1) is 0 Å². The minimum atomic E-state index is -0.0486. The van der Waals surface area contributed by atoms with Crippen LogP contribution in [0.3, 0.4) is 0 Å². The number of benzene rings is 1. The van der Waals surface area contributed by atoms with Gasteiger partial charge in [0.2, 0.25) is 0 Å². The Kier molecular flexibility index (Phi) is 4.57. The Labute approximate surface area is 130 Å². The van der Waals surface area contributed by atoms with E-state index in [0.717, 1.165) is 37.9 Å². The highest BCUT2D eigenvalue weighted by molar-refractivity contribution is 7.18. The maximum Gasteiger partial charge on any atom is 0.0955 e. The number of hydrogen-bond donors (Lipinski definition) is 1. The number of rotatable bonds is 6. The van der Waals surface area contributed by atoms with Crippen LogP contribution < -0.4 is 5.32 Å². The van der Waals surface area contributed by atoms with Crippen molar-refractivity contribution in [1.82, 2.24) is 10.3 Å². The molecule has 0 spiro atoms. The second kappa shape index (κ2) is 6.42. The predicted molar refractivity (Wildman–Crippen MR) is 89.0 cm³/mol. The molecule has 0 saturated carbocycles. The van der Waals surface area contributed by atoms with Crippen molar-refractivity contribution in [3.63, 3.8) is 0 Å². The fourth-order valence-electron chi connectivity index (χ4n) is 3.08. The summed E-state index contributed by atoms with van der Waals surface area (Å²) in [5.41, 5.74) is 1.07.